The molecule has 0 unspecified atom stereocenters. The minimum atomic E-state index is -3.66. The molecule has 1 aromatic rings. The zero-order chi connectivity index (χ0) is 15.5. The Kier molecular flexibility index (Phi) is 5.59. The van der Waals surface area contributed by atoms with Gasteiger partial charge in [0.1, 0.15) is 10.7 Å². The molecule has 1 aliphatic rings. The molecule has 118 valence electrons. The summed E-state index contributed by atoms with van der Waals surface area (Å²) in [6, 6.07) is 1.20. The van der Waals surface area contributed by atoms with E-state index in [1.165, 1.54) is 12.3 Å². The first-order valence-electron chi connectivity index (χ1n) is 6.69. The Balaban J connectivity index is 2.12. The van der Waals surface area contributed by atoms with E-state index < -0.39 is 20.8 Å². The van der Waals surface area contributed by atoms with Crippen LogP contribution in [0.5, 0.6) is 0 Å². The second kappa shape index (κ2) is 7.04. The average molecular weight is 352 g/mol. The fraction of sp³-hybridized carbons (Fsp3) is 0.583. The molecule has 1 aromatic heterocycles. The molecule has 1 saturated heterocycles. The Morgan fingerprint density at radius 1 is 1.43 bits per heavy atom. The van der Waals surface area contributed by atoms with Crippen molar-refractivity contribution in [3.8, 4) is 0 Å². The van der Waals surface area contributed by atoms with Gasteiger partial charge in [-0.1, -0.05) is 11.6 Å². The number of sulfonamides is 1. The van der Waals surface area contributed by atoms with Crippen LogP contribution in [0.15, 0.2) is 17.2 Å². The fourth-order valence-corrected chi connectivity index (χ4v) is 4.94. The number of nitrogens with zero attached hydrogens (tertiary/aromatic N) is 1. The molecule has 2 heterocycles. The topological polar surface area (TPSA) is 88.2 Å². The van der Waals surface area contributed by atoms with E-state index in [1.54, 1.807) is 0 Å². The highest BCUT2D eigenvalue weighted by atomic mass is 35.5. The highest BCUT2D eigenvalue weighted by molar-refractivity contribution is 7.89. The highest BCUT2D eigenvalue weighted by Crippen LogP contribution is 2.23. The predicted molar refractivity (Wildman–Crippen MR) is 84.6 cm³/mol. The van der Waals surface area contributed by atoms with Crippen molar-refractivity contribution in [1.82, 2.24) is 9.71 Å². The minimum Gasteiger partial charge on any atom is -0.369 e. The van der Waals surface area contributed by atoms with Gasteiger partial charge in [-0.3, -0.25) is 4.21 Å². The van der Waals surface area contributed by atoms with E-state index in [1.807, 2.05) is 6.92 Å². The van der Waals surface area contributed by atoms with Crippen LogP contribution in [0.1, 0.15) is 19.8 Å². The number of rotatable bonds is 5. The third-order valence-electron chi connectivity index (χ3n) is 3.18. The summed E-state index contributed by atoms with van der Waals surface area (Å²) >= 11 is 6.02. The molecule has 0 aliphatic carbocycles. The number of nitrogens with one attached hydrogen (secondary N) is 2. The standard InChI is InChI=1S/C12H18ClN3O3S2/c1-2-14-12-11(13)7-10(8-15-12)21(18,19)16-9-3-5-20(17)6-4-9/h7-9,16H,2-6H2,1H3,(H,14,15). The summed E-state index contributed by atoms with van der Waals surface area (Å²) in [4.78, 5) is 4.07. The lowest BCUT2D eigenvalue weighted by Gasteiger charge is -2.22. The maximum atomic E-state index is 12.3. The molecule has 1 fully saturated rings. The molecule has 2 N–H and O–H groups in total. The first-order valence-corrected chi connectivity index (χ1v) is 10.0. The summed E-state index contributed by atoms with van der Waals surface area (Å²) in [6.45, 7) is 2.55. The maximum absolute atomic E-state index is 12.3. The van der Waals surface area contributed by atoms with Crippen LogP contribution in [0.2, 0.25) is 5.02 Å². The fourth-order valence-electron chi connectivity index (χ4n) is 2.06. The average Bonchev–Trinajstić information content (AvgIpc) is 2.43. The van der Waals surface area contributed by atoms with Gasteiger partial charge in [0.2, 0.25) is 10.0 Å². The molecule has 0 amide bonds. The summed E-state index contributed by atoms with van der Waals surface area (Å²) in [7, 11) is -4.47. The van der Waals surface area contributed by atoms with Gasteiger partial charge in [0.25, 0.3) is 0 Å². The smallest absolute Gasteiger partial charge is 0.242 e. The third-order valence-corrected chi connectivity index (χ3v) is 6.34. The monoisotopic (exact) mass is 351 g/mol. The molecule has 0 bridgehead atoms. The van der Waals surface area contributed by atoms with E-state index in [4.69, 9.17) is 11.6 Å². The van der Waals surface area contributed by atoms with Crippen LogP contribution in [0, 0.1) is 0 Å². The number of pyridine rings is 1. The summed E-state index contributed by atoms with van der Waals surface area (Å²) in [5, 5.41) is 3.22. The highest BCUT2D eigenvalue weighted by Gasteiger charge is 2.24. The minimum absolute atomic E-state index is 0.0425. The Hall–Kier alpha value is -0.700. The van der Waals surface area contributed by atoms with Crippen molar-refractivity contribution in [3.63, 3.8) is 0 Å². The first kappa shape index (κ1) is 16.7. The zero-order valence-electron chi connectivity index (χ0n) is 11.6. The van der Waals surface area contributed by atoms with E-state index in [9.17, 15) is 12.6 Å². The lowest BCUT2D eigenvalue weighted by atomic mass is 10.2. The summed E-state index contributed by atoms with van der Waals surface area (Å²) in [5.41, 5.74) is 0. The van der Waals surface area contributed by atoms with E-state index >= 15 is 0 Å². The molecule has 1 aliphatic heterocycles. The molecule has 6 nitrogen and oxygen atoms in total. The molecule has 0 aromatic carbocycles. The van der Waals surface area contributed by atoms with Gasteiger partial charge in [-0.25, -0.2) is 18.1 Å². The zero-order valence-corrected chi connectivity index (χ0v) is 14.0. The van der Waals surface area contributed by atoms with Crippen LogP contribution in [0.3, 0.4) is 0 Å². The van der Waals surface area contributed by atoms with E-state index in [0.29, 0.717) is 36.7 Å². The number of hydrogen-bond donors (Lipinski definition) is 2. The third kappa shape index (κ3) is 4.38. The molecule has 0 atom stereocenters. The normalized spacial score (nSPS) is 23.0. The van der Waals surface area contributed by atoms with Crippen LogP contribution in [0.25, 0.3) is 0 Å². The molecular weight excluding hydrogens is 334 g/mol. The first-order chi connectivity index (χ1) is 9.92. The Labute approximate surface area is 132 Å². The van der Waals surface area contributed by atoms with Crippen LogP contribution >= 0.6 is 11.6 Å². The number of hydrogen-bond acceptors (Lipinski definition) is 5. The largest absolute Gasteiger partial charge is 0.369 e. The summed E-state index contributed by atoms with van der Waals surface area (Å²) < 4.78 is 38.5. The molecular formula is C12H18ClN3O3S2. The van der Waals surface area contributed by atoms with E-state index in [0.717, 1.165) is 0 Å². The van der Waals surface area contributed by atoms with Gasteiger partial charge in [-0.05, 0) is 25.8 Å². The van der Waals surface area contributed by atoms with Gasteiger partial charge in [-0.15, -0.1) is 0 Å². The van der Waals surface area contributed by atoms with Crippen molar-refractivity contribution >= 4 is 38.2 Å². The van der Waals surface area contributed by atoms with Gasteiger partial charge in [0.05, 0.1) is 5.02 Å². The van der Waals surface area contributed by atoms with Gasteiger partial charge in [-0.2, -0.15) is 0 Å². The van der Waals surface area contributed by atoms with Crippen molar-refractivity contribution in [2.24, 2.45) is 0 Å². The quantitative estimate of drug-likeness (QED) is 0.836. The lowest BCUT2D eigenvalue weighted by molar-refractivity contribution is 0.521. The summed E-state index contributed by atoms with van der Waals surface area (Å²) in [5.74, 6) is 1.53. The maximum Gasteiger partial charge on any atom is 0.242 e. The second-order valence-corrected chi connectivity index (χ2v) is 8.59. The molecule has 0 radical (unpaired) electrons. The molecule has 9 heteroatoms. The van der Waals surface area contributed by atoms with Crippen LogP contribution < -0.4 is 10.0 Å². The number of anilines is 1. The van der Waals surface area contributed by atoms with Crippen molar-refractivity contribution < 1.29 is 12.6 Å². The SMILES string of the molecule is CCNc1ncc(S(=O)(=O)NC2CCS(=O)CC2)cc1Cl. The Morgan fingerprint density at radius 2 is 2.10 bits per heavy atom. The van der Waals surface area contributed by atoms with Gasteiger partial charge in [0.15, 0.2) is 0 Å². The number of aromatic nitrogens is 1. The van der Waals surface area contributed by atoms with E-state index in [-0.39, 0.29) is 16.0 Å². The molecule has 0 saturated carbocycles. The van der Waals surface area contributed by atoms with Gasteiger partial charge >= 0.3 is 0 Å². The van der Waals surface area contributed by atoms with Crippen molar-refractivity contribution in [2.45, 2.75) is 30.7 Å². The van der Waals surface area contributed by atoms with Gasteiger partial charge < -0.3 is 5.32 Å². The van der Waals surface area contributed by atoms with Crippen molar-refractivity contribution in [2.75, 3.05) is 23.4 Å². The lowest BCUT2D eigenvalue weighted by Crippen LogP contribution is -2.39. The van der Waals surface area contributed by atoms with Crippen LogP contribution in [-0.2, 0) is 20.8 Å². The molecule has 0 spiro atoms. The Bertz CT molecular complexity index is 627. The second-order valence-electron chi connectivity index (χ2n) is 4.78. The Morgan fingerprint density at radius 3 is 2.67 bits per heavy atom. The number of halogens is 1. The molecule has 2 rings (SSSR count). The molecule has 21 heavy (non-hydrogen) atoms. The van der Waals surface area contributed by atoms with E-state index in [2.05, 4.69) is 15.0 Å². The van der Waals surface area contributed by atoms with Crippen molar-refractivity contribution in [1.29, 1.82) is 0 Å². The predicted octanol–water partition coefficient (Wildman–Crippen LogP) is 1.36. The van der Waals surface area contributed by atoms with Crippen molar-refractivity contribution in [3.05, 3.63) is 17.3 Å². The summed E-state index contributed by atoms with van der Waals surface area (Å²) in [6.07, 6.45) is 2.46. The van der Waals surface area contributed by atoms with Crippen LogP contribution in [0.4, 0.5) is 5.82 Å². The van der Waals surface area contributed by atoms with Crippen LogP contribution in [-0.4, -0.2) is 41.7 Å². The van der Waals surface area contributed by atoms with Gasteiger partial charge in [0, 0.05) is 41.1 Å².